The molecule has 27 heavy (non-hydrogen) atoms. The average molecular weight is 380 g/mol. The summed E-state index contributed by atoms with van der Waals surface area (Å²) in [6.07, 6.45) is 9.22. The molecule has 0 spiro atoms. The number of hydrogen-bond acceptors (Lipinski definition) is 3. The maximum absolute atomic E-state index is 13.3. The summed E-state index contributed by atoms with van der Waals surface area (Å²) < 4.78 is 0. The predicted molar refractivity (Wildman–Crippen MR) is 106 cm³/mol. The number of carbonyl (C=O) groups is 3. The van der Waals surface area contributed by atoms with Gasteiger partial charge in [-0.2, -0.15) is 0 Å². The number of aldehydes is 1. The Bertz CT molecular complexity index is 523. The second kappa shape index (κ2) is 9.56. The Labute approximate surface area is 163 Å². The normalized spacial score (nSPS) is 25.1. The molecule has 1 saturated carbocycles. The first-order valence-corrected chi connectivity index (χ1v) is 10.6. The summed E-state index contributed by atoms with van der Waals surface area (Å²) in [4.78, 5) is 39.2. The van der Waals surface area contributed by atoms with E-state index in [1.807, 2.05) is 20.8 Å². The van der Waals surface area contributed by atoms with Crippen LogP contribution in [0.3, 0.4) is 0 Å². The molecule has 0 radical (unpaired) electrons. The van der Waals surface area contributed by atoms with E-state index in [1.54, 1.807) is 4.90 Å². The first-order chi connectivity index (χ1) is 12.8. The Hall–Kier alpha value is -1.59. The van der Waals surface area contributed by atoms with Crippen molar-refractivity contribution in [3.8, 4) is 0 Å². The van der Waals surface area contributed by atoms with Gasteiger partial charge in [-0.15, -0.1) is 0 Å². The molecular formula is C21H37N3O3. The summed E-state index contributed by atoms with van der Waals surface area (Å²) >= 11 is 0. The standard InChI is InChI=1S/C21H37N3O3/c1-5-9-15-12-13-24(17(15)14-25)19(26)18(21(2,3)4)23-20(27)22-16-10-7-6-8-11-16/h14-18H,5-13H2,1-4H3,(H2,22,23,27)/t15-,17?,18?/m0/s1. The van der Waals surface area contributed by atoms with Crippen molar-refractivity contribution in [2.45, 2.75) is 97.2 Å². The van der Waals surface area contributed by atoms with Crippen LogP contribution in [0.25, 0.3) is 0 Å². The van der Waals surface area contributed by atoms with Crippen molar-refractivity contribution in [1.82, 2.24) is 15.5 Å². The molecule has 1 aliphatic carbocycles. The van der Waals surface area contributed by atoms with Crippen LogP contribution < -0.4 is 10.6 Å². The second-order valence-electron chi connectivity index (χ2n) is 9.25. The summed E-state index contributed by atoms with van der Waals surface area (Å²) in [5.41, 5.74) is -0.433. The lowest BCUT2D eigenvalue weighted by atomic mass is 9.85. The van der Waals surface area contributed by atoms with E-state index in [0.717, 1.165) is 51.2 Å². The van der Waals surface area contributed by atoms with E-state index in [4.69, 9.17) is 0 Å². The minimum absolute atomic E-state index is 0.142. The first kappa shape index (κ1) is 21.7. The van der Waals surface area contributed by atoms with Crippen LogP contribution in [0.1, 0.15) is 79.1 Å². The van der Waals surface area contributed by atoms with Crippen molar-refractivity contribution in [2.24, 2.45) is 11.3 Å². The number of hydrogen-bond donors (Lipinski definition) is 2. The van der Waals surface area contributed by atoms with Crippen LogP contribution in [0.5, 0.6) is 0 Å². The number of nitrogens with zero attached hydrogens (tertiary/aromatic N) is 1. The molecule has 3 amide bonds. The molecule has 0 bridgehead atoms. The van der Waals surface area contributed by atoms with Crippen LogP contribution in [-0.2, 0) is 9.59 Å². The molecule has 2 fully saturated rings. The van der Waals surface area contributed by atoms with Crippen molar-refractivity contribution in [3.05, 3.63) is 0 Å². The van der Waals surface area contributed by atoms with Crippen molar-refractivity contribution in [3.63, 3.8) is 0 Å². The molecule has 3 atom stereocenters. The van der Waals surface area contributed by atoms with Gasteiger partial charge in [0.1, 0.15) is 12.3 Å². The highest BCUT2D eigenvalue weighted by molar-refractivity contribution is 5.89. The molecule has 154 valence electrons. The van der Waals surface area contributed by atoms with E-state index < -0.39 is 11.5 Å². The summed E-state index contributed by atoms with van der Waals surface area (Å²) in [6, 6.07) is -1.10. The number of rotatable bonds is 6. The van der Waals surface area contributed by atoms with Gasteiger partial charge in [-0.25, -0.2) is 4.79 Å². The van der Waals surface area contributed by atoms with Crippen molar-refractivity contribution < 1.29 is 14.4 Å². The number of carbonyl (C=O) groups excluding carboxylic acids is 3. The third-order valence-corrected chi connectivity index (χ3v) is 5.99. The van der Waals surface area contributed by atoms with Crippen LogP contribution in [0.2, 0.25) is 0 Å². The van der Waals surface area contributed by atoms with E-state index in [-0.39, 0.29) is 29.9 Å². The molecule has 1 heterocycles. The second-order valence-corrected chi connectivity index (χ2v) is 9.25. The lowest BCUT2D eigenvalue weighted by Gasteiger charge is -2.35. The largest absolute Gasteiger partial charge is 0.335 e. The molecule has 0 aromatic rings. The zero-order valence-electron chi connectivity index (χ0n) is 17.4. The fraction of sp³-hybridized carbons (Fsp3) is 0.857. The van der Waals surface area contributed by atoms with E-state index in [2.05, 4.69) is 17.6 Å². The zero-order chi connectivity index (χ0) is 20.0. The molecule has 1 saturated heterocycles. The lowest BCUT2D eigenvalue weighted by Crippen LogP contribution is -2.58. The zero-order valence-corrected chi connectivity index (χ0v) is 17.4. The fourth-order valence-corrected chi connectivity index (χ4v) is 4.43. The molecule has 2 unspecified atom stereocenters. The number of amides is 3. The summed E-state index contributed by atoms with van der Waals surface area (Å²) in [7, 11) is 0. The summed E-state index contributed by atoms with van der Waals surface area (Å²) in [6.45, 7) is 8.54. The van der Waals surface area contributed by atoms with Crippen LogP contribution in [0.15, 0.2) is 0 Å². The van der Waals surface area contributed by atoms with Gasteiger partial charge in [-0.05, 0) is 37.0 Å². The van der Waals surface area contributed by atoms with Gasteiger partial charge in [0.25, 0.3) is 0 Å². The van der Waals surface area contributed by atoms with Gasteiger partial charge in [-0.1, -0.05) is 53.4 Å². The Kier molecular flexibility index (Phi) is 7.68. The topological polar surface area (TPSA) is 78.5 Å². The molecule has 6 nitrogen and oxygen atoms in total. The minimum Gasteiger partial charge on any atom is -0.335 e. The Morgan fingerprint density at radius 1 is 1.15 bits per heavy atom. The monoisotopic (exact) mass is 379 g/mol. The van der Waals surface area contributed by atoms with Crippen molar-refractivity contribution in [1.29, 1.82) is 0 Å². The molecule has 6 heteroatoms. The third-order valence-electron chi connectivity index (χ3n) is 5.99. The summed E-state index contributed by atoms with van der Waals surface area (Å²) in [5.74, 6) is 0.0881. The van der Waals surface area contributed by atoms with Gasteiger partial charge < -0.3 is 20.3 Å². The van der Waals surface area contributed by atoms with Crippen LogP contribution in [-0.4, -0.2) is 47.8 Å². The van der Waals surface area contributed by atoms with Gasteiger partial charge >= 0.3 is 6.03 Å². The molecule has 2 rings (SSSR count). The van der Waals surface area contributed by atoms with Gasteiger partial charge in [0.2, 0.25) is 5.91 Å². The van der Waals surface area contributed by atoms with Gasteiger partial charge in [-0.3, -0.25) is 4.79 Å². The maximum atomic E-state index is 13.3. The quantitative estimate of drug-likeness (QED) is 0.695. The Morgan fingerprint density at radius 2 is 1.81 bits per heavy atom. The fourth-order valence-electron chi connectivity index (χ4n) is 4.43. The van der Waals surface area contributed by atoms with Crippen LogP contribution in [0, 0.1) is 11.3 Å². The Balaban J connectivity index is 2.05. The Morgan fingerprint density at radius 3 is 2.37 bits per heavy atom. The van der Waals surface area contributed by atoms with E-state index in [9.17, 15) is 14.4 Å². The number of likely N-dealkylation sites (tertiary alicyclic amines) is 1. The van der Waals surface area contributed by atoms with Gasteiger partial charge in [0, 0.05) is 12.6 Å². The lowest BCUT2D eigenvalue weighted by molar-refractivity contribution is -0.139. The highest BCUT2D eigenvalue weighted by atomic mass is 16.2. The van der Waals surface area contributed by atoms with Crippen LogP contribution >= 0.6 is 0 Å². The molecule has 1 aliphatic heterocycles. The van der Waals surface area contributed by atoms with E-state index in [1.165, 1.54) is 6.42 Å². The van der Waals surface area contributed by atoms with Crippen molar-refractivity contribution in [2.75, 3.05) is 6.54 Å². The van der Waals surface area contributed by atoms with E-state index >= 15 is 0 Å². The first-order valence-electron chi connectivity index (χ1n) is 10.6. The predicted octanol–water partition coefficient (Wildman–Crippen LogP) is 3.25. The van der Waals surface area contributed by atoms with Crippen LogP contribution in [0.4, 0.5) is 4.79 Å². The molecule has 0 aromatic carbocycles. The smallest absolute Gasteiger partial charge is 0.315 e. The number of urea groups is 1. The third kappa shape index (κ3) is 5.69. The minimum atomic E-state index is -0.649. The molecule has 0 aromatic heterocycles. The van der Waals surface area contributed by atoms with Crippen molar-refractivity contribution >= 4 is 18.2 Å². The number of nitrogens with one attached hydrogen (secondary N) is 2. The molecule has 2 aliphatic rings. The molecule has 2 N–H and O–H groups in total. The SMILES string of the molecule is CCC[C@H]1CCN(C(=O)C(NC(=O)NC2CCCCC2)C(C)(C)C)C1C=O. The maximum Gasteiger partial charge on any atom is 0.315 e. The van der Waals surface area contributed by atoms with Gasteiger partial charge in [0.15, 0.2) is 0 Å². The highest BCUT2D eigenvalue weighted by Crippen LogP contribution is 2.30. The average Bonchev–Trinajstić information content (AvgIpc) is 3.02. The van der Waals surface area contributed by atoms with E-state index in [0.29, 0.717) is 6.54 Å². The molecular weight excluding hydrogens is 342 g/mol. The summed E-state index contributed by atoms with van der Waals surface area (Å²) in [5, 5.41) is 5.95. The van der Waals surface area contributed by atoms with Gasteiger partial charge in [0.05, 0.1) is 6.04 Å². The highest BCUT2D eigenvalue weighted by Gasteiger charge is 2.42.